The third kappa shape index (κ3) is 4.62. The van der Waals surface area contributed by atoms with E-state index in [1.807, 2.05) is 25.1 Å². The van der Waals surface area contributed by atoms with Crippen LogP contribution in [0.1, 0.15) is 54.5 Å². The molecule has 2 saturated carbocycles. The minimum Gasteiger partial charge on any atom is -0.494 e. The monoisotopic (exact) mass is 640 g/mol. The number of rotatable bonds is 8. The molecule has 0 bridgehead atoms. The molecule has 2 aromatic heterocycles. The lowest BCUT2D eigenvalue weighted by molar-refractivity contribution is -0.0717. The van der Waals surface area contributed by atoms with Gasteiger partial charge in [0.05, 0.1) is 46.9 Å². The second-order valence-corrected chi connectivity index (χ2v) is 13.3. The minimum absolute atomic E-state index is 0.135. The zero-order valence-electron chi connectivity index (χ0n) is 25.6. The summed E-state index contributed by atoms with van der Waals surface area (Å²) >= 11 is 6.08. The largest absolute Gasteiger partial charge is 0.494 e. The molecule has 236 valence electrons. The summed E-state index contributed by atoms with van der Waals surface area (Å²) in [6, 6.07) is 15.9. The predicted octanol–water partition coefficient (Wildman–Crippen LogP) is 5.59. The number of methoxy groups -OCH3 is 1. The second kappa shape index (κ2) is 10.5. The van der Waals surface area contributed by atoms with Crippen molar-refractivity contribution in [3.8, 4) is 23.3 Å². The molecule has 4 aliphatic rings. The summed E-state index contributed by atoms with van der Waals surface area (Å²) in [7, 11) is 1.53. The molecule has 3 fully saturated rings. The number of carbonyl (C=O) groups is 1. The highest BCUT2D eigenvalue weighted by Gasteiger charge is 2.48. The van der Waals surface area contributed by atoms with E-state index in [1.165, 1.54) is 13.2 Å². The fraction of sp³-hybridized carbons (Fsp3) is 0.412. The van der Waals surface area contributed by atoms with E-state index < -0.39 is 17.2 Å². The Kier molecular flexibility index (Phi) is 6.60. The number of benzene rings is 2. The standard InChI is InChI=1S/C34H33ClN6O5/c1-33(28-9-6-21(35)16-37-28)45-26-5-3-4-24(31(26)46-33)40-13-12-39(22-7-8-23(22)40)17-29-38-30-25(41(29)19-34(18-36)10-11-34)14-20(32(42)43)15-27(30)44-2/h3-6,9,14-16,22-23H,7-8,10-13,17,19H2,1-2H3,(H,42,43)/t22-,23-,33-/m1/s1. The maximum absolute atomic E-state index is 12.0. The van der Waals surface area contributed by atoms with Crippen LogP contribution in [0.4, 0.5) is 5.69 Å². The third-order valence-corrected chi connectivity index (χ3v) is 10.2. The van der Waals surface area contributed by atoms with E-state index >= 15 is 0 Å². The van der Waals surface area contributed by atoms with Crippen LogP contribution < -0.4 is 19.1 Å². The minimum atomic E-state index is -1.06. The highest BCUT2D eigenvalue weighted by Crippen LogP contribution is 2.51. The van der Waals surface area contributed by atoms with Crippen molar-refractivity contribution < 1.29 is 24.1 Å². The van der Waals surface area contributed by atoms with Gasteiger partial charge in [0.15, 0.2) is 11.5 Å². The third-order valence-electron chi connectivity index (χ3n) is 10.0. The van der Waals surface area contributed by atoms with Gasteiger partial charge < -0.3 is 28.8 Å². The van der Waals surface area contributed by atoms with Gasteiger partial charge in [-0.1, -0.05) is 17.7 Å². The van der Waals surface area contributed by atoms with Crippen molar-refractivity contribution in [2.24, 2.45) is 5.41 Å². The van der Waals surface area contributed by atoms with E-state index in [0.717, 1.165) is 56.0 Å². The summed E-state index contributed by atoms with van der Waals surface area (Å²) in [4.78, 5) is 26.3. The Hall–Kier alpha value is -4.53. The highest BCUT2D eigenvalue weighted by atomic mass is 35.5. The first-order chi connectivity index (χ1) is 22.2. The summed E-state index contributed by atoms with van der Waals surface area (Å²) in [5, 5.41) is 20.3. The van der Waals surface area contributed by atoms with Gasteiger partial charge in [-0.3, -0.25) is 9.88 Å². The van der Waals surface area contributed by atoms with E-state index in [9.17, 15) is 15.2 Å². The Labute approximate surface area is 270 Å². The number of carboxylic acid groups (broad SMARTS) is 1. The number of anilines is 1. The number of para-hydroxylation sites is 1. The lowest BCUT2D eigenvalue weighted by Gasteiger charge is -2.54. The van der Waals surface area contributed by atoms with Crippen molar-refractivity contribution in [2.75, 3.05) is 25.1 Å². The zero-order valence-corrected chi connectivity index (χ0v) is 26.3. The molecule has 3 atom stereocenters. The number of halogens is 1. The van der Waals surface area contributed by atoms with Crippen LogP contribution in [0.5, 0.6) is 17.2 Å². The summed E-state index contributed by atoms with van der Waals surface area (Å²) in [5.74, 6) is 0.549. The van der Waals surface area contributed by atoms with Gasteiger partial charge in [-0.15, -0.1) is 0 Å². The molecule has 8 rings (SSSR count). The van der Waals surface area contributed by atoms with Crippen molar-refractivity contribution in [1.82, 2.24) is 19.4 Å². The van der Waals surface area contributed by atoms with Gasteiger partial charge in [0, 0.05) is 44.8 Å². The Bertz CT molecular complexity index is 1920. The summed E-state index contributed by atoms with van der Waals surface area (Å²) in [6.45, 7) is 4.52. The summed E-state index contributed by atoms with van der Waals surface area (Å²) < 4.78 is 20.5. The fourth-order valence-electron chi connectivity index (χ4n) is 7.16. The van der Waals surface area contributed by atoms with Crippen LogP contribution in [-0.2, 0) is 18.9 Å². The number of aromatic nitrogens is 3. The van der Waals surface area contributed by atoms with E-state index in [-0.39, 0.29) is 11.6 Å². The first-order valence-corrected chi connectivity index (χ1v) is 15.9. The Balaban J connectivity index is 1.08. The Morgan fingerprint density at radius 3 is 2.67 bits per heavy atom. The molecule has 0 unspecified atom stereocenters. The number of imidazole rings is 1. The van der Waals surface area contributed by atoms with Crippen molar-refractivity contribution in [3.63, 3.8) is 0 Å². The molecule has 11 nitrogen and oxygen atoms in total. The molecule has 4 heterocycles. The Morgan fingerprint density at radius 1 is 1.17 bits per heavy atom. The molecule has 0 spiro atoms. The molecule has 2 aliphatic heterocycles. The molecular weight excluding hydrogens is 608 g/mol. The lowest BCUT2D eigenvalue weighted by atomic mass is 9.81. The van der Waals surface area contributed by atoms with Crippen molar-refractivity contribution >= 4 is 34.3 Å². The van der Waals surface area contributed by atoms with Crippen LogP contribution in [0.25, 0.3) is 11.0 Å². The molecule has 4 aromatic rings. The van der Waals surface area contributed by atoms with Crippen LogP contribution in [0.3, 0.4) is 0 Å². The molecule has 2 aromatic carbocycles. The van der Waals surface area contributed by atoms with E-state index in [4.69, 9.17) is 30.8 Å². The smallest absolute Gasteiger partial charge is 0.335 e. The van der Waals surface area contributed by atoms with Gasteiger partial charge in [-0.05, 0) is 62.1 Å². The number of pyridine rings is 1. The Morgan fingerprint density at radius 2 is 2.00 bits per heavy atom. The van der Waals surface area contributed by atoms with E-state index in [2.05, 4.69) is 31.5 Å². The summed E-state index contributed by atoms with van der Waals surface area (Å²) in [6.07, 6.45) is 5.33. The number of fused-ring (bicyclic) bond motifs is 3. The number of hydrogen-bond donors (Lipinski definition) is 1. The van der Waals surface area contributed by atoms with Crippen molar-refractivity contribution in [3.05, 3.63) is 70.8 Å². The molecule has 2 aliphatic carbocycles. The van der Waals surface area contributed by atoms with E-state index in [1.54, 1.807) is 18.3 Å². The SMILES string of the molecule is COc1cc(C(=O)O)cc2c1nc(CN1CCN(c3cccc4c3O[C@](C)(c3ccc(Cl)cn3)O4)[C@@H]3CC[C@H]31)n2CC1(C#N)CC1. The topological polar surface area (TPSA) is 126 Å². The van der Waals surface area contributed by atoms with E-state index in [0.29, 0.717) is 52.4 Å². The molecule has 46 heavy (non-hydrogen) atoms. The molecule has 0 radical (unpaired) electrons. The zero-order chi connectivity index (χ0) is 31.8. The normalized spacial score (nSPS) is 24.3. The van der Waals surface area contributed by atoms with Gasteiger partial charge in [-0.25, -0.2) is 9.78 Å². The second-order valence-electron chi connectivity index (χ2n) is 12.8. The average Bonchev–Trinajstić information content (AvgIpc) is 3.60. The van der Waals surface area contributed by atoms with Crippen molar-refractivity contribution in [2.45, 2.75) is 63.6 Å². The molecule has 1 saturated heterocycles. The fourth-order valence-corrected chi connectivity index (χ4v) is 7.27. The lowest BCUT2D eigenvalue weighted by Crippen LogP contribution is -2.64. The number of nitriles is 1. The molecule has 0 amide bonds. The predicted molar refractivity (Wildman–Crippen MR) is 169 cm³/mol. The van der Waals surface area contributed by atoms with Gasteiger partial charge >= 0.3 is 5.97 Å². The molecular formula is C34H33ClN6O5. The van der Waals surface area contributed by atoms with Crippen molar-refractivity contribution in [1.29, 1.82) is 5.26 Å². The van der Waals surface area contributed by atoms with Crippen LogP contribution in [0.15, 0.2) is 48.7 Å². The van der Waals surface area contributed by atoms with Crippen LogP contribution in [0, 0.1) is 16.7 Å². The summed E-state index contributed by atoms with van der Waals surface area (Å²) in [5.41, 5.74) is 2.65. The first-order valence-electron chi connectivity index (χ1n) is 15.6. The van der Waals surface area contributed by atoms with Gasteiger partial charge in [0.1, 0.15) is 22.8 Å². The number of ether oxygens (including phenoxy) is 3. The highest BCUT2D eigenvalue weighted by molar-refractivity contribution is 6.30. The van der Waals surface area contributed by atoms with Gasteiger partial charge in [0.25, 0.3) is 5.79 Å². The molecule has 12 heteroatoms. The number of nitrogens with zero attached hydrogens (tertiary/aromatic N) is 6. The van der Waals surface area contributed by atoms with Crippen LogP contribution >= 0.6 is 11.6 Å². The number of piperazine rings is 1. The maximum atomic E-state index is 12.0. The maximum Gasteiger partial charge on any atom is 0.335 e. The average molecular weight is 641 g/mol. The number of aromatic carboxylic acids is 1. The molecule has 1 N–H and O–H groups in total. The van der Waals surface area contributed by atoms with Crippen LogP contribution in [0.2, 0.25) is 5.02 Å². The van der Waals surface area contributed by atoms with Crippen LogP contribution in [-0.4, -0.2) is 62.8 Å². The quantitative estimate of drug-likeness (QED) is 0.260. The number of hydrogen-bond acceptors (Lipinski definition) is 9. The number of carboxylic acids is 1. The van der Waals surface area contributed by atoms with Gasteiger partial charge in [0.2, 0.25) is 0 Å². The van der Waals surface area contributed by atoms with Gasteiger partial charge in [-0.2, -0.15) is 5.26 Å². The first kappa shape index (κ1) is 28.9.